The van der Waals surface area contributed by atoms with Crippen LogP contribution in [0.15, 0.2) is 53.3 Å². The number of benzene rings is 2. The fourth-order valence-corrected chi connectivity index (χ4v) is 4.78. The number of pyridine rings is 1. The van der Waals surface area contributed by atoms with Crippen LogP contribution in [0.2, 0.25) is 0 Å². The van der Waals surface area contributed by atoms with Crippen LogP contribution in [0.5, 0.6) is 0 Å². The summed E-state index contributed by atoms with van der Waals surface area (Å²) >= 11 is 5.81. The summed E-state index contributed by atoms with van der Waals surface area (Å²) in [5.41, 5.74) is 5.18. The van der Waals surface area contributed by atoms with E-state index in [1.165, 1.54) is 11.1 Å². The first-order valence-electron chi connectivity index (χ1n) is 12.5. The Kier molecular flexibility index (Phi) is 8.90. The Balaban J connectivity index is 1.45. The van der Waals surface area contributed by atoms with Crippen molar-refractivity contribution in [2.45, 2.75) is 33.2 Å². The van der Waals surface area contributed by atoms with Crippen molar-refractivity contribution in [2.75, 3.05) is 45.9 Å². The highest BCUT2D eigenvalue weighted by atomic mass is 32.1. The van der Waals surface area contributed by atoms with Crippen LogP contribution in [0.25, 0.3) is 10.9 Å². The molecule has 35 heavy (non-hydrogen) atoms. The Morgan fingerprint density at radius 3 is 2.69 bits per heavy atom. The van der Waals surface area contributed by atoms with Crippen molar-refractivity contribution in [3.05, 3.63) is 81.1 Å². The number of aromatic nitrogens is 1. The van der Waals surface area contributed by atoms with Gasteiger partial charge in [0.2, 0.25) is 0 Å². The lowest BCUT2D eigenvalue weighted by atomic mass is 10.0. The molecule has 1 aromatic heterocycles. The number of H-pyrrole nitrogens is 1. The molecule has 0 radical (unpaired) electrons. The molecular weight excluding hydrogens is 456 g/mol. The van der Waals surface area contributed by atoms with E-state index < -0.39 is 0 Å². The van der Waals surface area contributed by atoms with E-state index in [0.717, 1.165) is 80.8 Å². The first-order chi connectivity index (χ1) is 17.0. The third-order valence-corrected chi connectivity index (χ3v) is 7.22. The van der Waals surface area contributed by atoms with E-state index in [-0.39, 0.29) is 5.56 Å². The number of rotatable bonds is 9. The summed E-state index contributed by atoms with van der Waals surface area (Å²) in [5, 5.41) is 5.18. The lowest BCUT2D eigenvalue weighted by Gasteiger charge is -2.29. The van der Waals surface area contributed by atoms with Gasteiger partial charge in [0.1, 0.15) is 0 Å². The molecule has 2 heterocycles. The number of thiocarbonyl (C=S) groups is 1. The first-order valence-corrected chi connectivity index (χ1v) is 12.9. The minimum Gasteiger partial charge on any atom is -0.379 e. The summed E-state index contributed by atoms with van der Waals surface area (Å²) in [6.07, 6.45) is 1.88. The third-order valence-electron chi connectivity index (χ3n) is 6.82. The summed E-state index contributed by atoms with van der Waals surface area (Å²) in [4.78, 5) is 20.7. The maximum absolute atomic E-state index is 13.0. The molecule has 0 amide bonds. The largest absolute Gasteiger partial charge is 0.379 e. The van der Waals surface area contributed by atoms with Gasteiger partial charge in [0.25, 0.3) is 5.56 Å². The molecule has 4 rings (SSSR count). The van der Waals surface area contributed by atoms with Gasteiger partial charge < -0.3 is 19.9 Å². The smallest absolute Gasteiger partial charge is 0.253 e. The Morgan fingerprint density at radius 2 is 1.91 bits per heavy atom. The molecule has 1 fully saturated rings. The minimum absolute atomic E-state index is 0.0449. The van der Waals surface area contributed by atoms with Crippen LogP contribution in [0.1, 0.15) is 28.7 Å². The minimum atomic E-state index is -0.0449. The normalized spacial score (nSPS) is 14.2. The Bertz CT molecular complexity index is 1190. The van der Waals surface area contributed by atoms with Crippen molar-refractivity contribution in [1.29, 1.82) is 0 Å². The van der Waals surface area contributed by atoms with Crippen LogP contribution in [-0.2, 0) is 17.7 Å². The number of aromatic amines is 1. The van der Waals surface area contributed by atoms with Crippen molar-refractivity contribution in [1.82, 2.24) is 20.1 Å². The highest BCUT2D eigenvalue weighted by Crippen LogP contribution is 2.19. The van der Waals surface area contributed by atoms with Gasteiger partial charge in [-0.3, -0.25) is 9.69 Å². The zero-order chi connectivity index (χ0) is 24.6. The molecule has 0 saturated carbocycles. The molecule has 2 aromatic carbocycles. The predicted molar refractivity (Wildman–Crippen MR) is 147 cm³/mol. The second-order valence-corrected chi connectivity index (χ2v) is 9.68. The molecule has 0 spiro atoms. The van der Waals surface area contributed by atoms with Crippen LogP contribution in [0, 0.1) is 13.8 Å². The fraction of sp³-hybridized carbons (Fsp3) is 0.429. The number of nitrogens with one attached hydrogen (secondary N) is 2. The molecule has 7 heteroatoms. The summed E-state index contributed by atoms with van der Waals surface area (Å²) in [7, 11) is 0. The summed E-state index contributed by atoms with van der Waals surface area (Å²) in [6.45, 7) is 10.7. The van der Waals surface area contributed by atoms with Gasteiger partial charge in [0.05, 0.1) is 25.3 Å². The number of hydrogen-bond acceptors (Lipinski definition) is 4. The van der Waals surface area contributed by atoms with Gasteiger partial charge in [-0.2, -0.15) is 0 Å². The Hall–Kier alpha value is -2.74. The highest BCUT2D eigenvalue weighted by Gasteiger charge is 2.16. The topological polar surface area (TPSA) is 60.6 Å². The zero-order valence-electron chi connectivity index (χ0n) is 20.8. The Morgan fingerprint density at radius 1 is 1.14 bits per heavy atom. The molecule has 186 valence electrons. The number of aryl methyl sites for hydroxylation is 2. The van der Waals surface area contributed by atoms with Crippen LogP contribution >= 0.6 is 12.2 Å². The summed E-state index contributed by atoms with van der Waals surface area (Å²) < 4.78 is 5.47. The molecule has 0 aliphatic carbocycles. The number of ether oxygens (including phenoxy) is 1. The lowest BCUT2D eigenvalue weighted by Crippen LogP contribution is -2.43. The molecule has 0 unspecified atom stereocenters. The number of nitrogens with zero attached hydrogens (tertiary/aromatic N) is 2. The average molecular weight is 493 g/mol. The standard InChI is InChI=1S/C28H36N4O2S/c1-21-9-10-24-19-25(27(33)30-26(24)22(21)2)20-32(14-6-13-31-15-17-34-18-16-31)28(35)29-12-11-23-7-4-3-5-8-23/h3-5,7-10,19H,6,11-18,20H2,1-2H3,(H,29,35)(H,30,33). The van der Waals surface area contributed by atoms with Crippen molar-refractivity contribution < 1.29 is 4.74 Å². The van der Waals surface area contributed by atoms with E-state index in [9.17, 15) is 4.79 Å². The van der Waals surface area contributed by atoms with E-state index in [1.54, 1.807) is 0 Å². The number of morpholine rings is 1. The monoisotopic (exact) mass is 492 g/mol. The van der Waals surface area contributed by atoms with E-state index in [1.807, 2.05) is 12.1 Å². The van der Waals surface area contributed by atoms with Crippen LogP contribution in [0.4, 0.5) is 0 Å². The third kappa shape index (κ3) is 6.90. The van der Waals surface area contributed by atoms with Gasteiger partial charge in [-0.25, -0.2) is 0 Å². The maximum Gasteiger partial charge on any atom is 0.253 e. The molecule has 6 nitrogen and oxygen atoms in total. The molecule has 1 aliphatic heterocycles. The second kappa shape index (κ2) is 12.3. The average Bonchev–Trinajstić information content (AvgIpc) is 2.88. The van der Waals surface area contributed by atoms with E-state index in [0.29, 0.717) is 11.7 Å². The SMILES string of the molecule is Cc1ccc2cc(CN(CCCN3CCOCC3)C(=S)NCCc3ccccc3)c(=O)[nH]c2c1C. The van der Waals surface area contributed by atoms with Crippen LogP contribution < -0.4 is 10.9 Å². The van der Waals surface area contributed by atoms with E-state index in [2.05, 4.69) is 70.3 Å². The predicted octanol–water partition coefficient (Wildman–Crippen LogP) is 3.79. The van der Waals surface area contributed by atoms with E-state index >= 15 is 0 Å². The Labute approximate surface area is 213 Å². The molecule has 2 N–H and O–H groups in total. The molecule has 1 saturated heterocycles. The quantitative estimate of drug-likeness (QED) is 0.444. The van der Waals surface area contributed by atoms with Crippen LogP contribution in [0.3, 0.4) is 0 Å². The summed E-state index contributed by atoms with van der Waals surface area (Å²) in [6, 6.07) is 16.6. The molecule has 1 aliphatic rings. The van der Waals surface area contributed by atoms with Crippen molar-refractivity contribution >= 4 is 28.2 Å². The molecular formula is C28H36N4O2S. The van der Waals surface area contributed by atoms with Gasteiger partial charge in [0.15, 0.2) is 5.11 Å². The number of hydrogen-bond donors (Lipinski definition) is 2. The highest BCUT2D eigenvalue weighted by molar-refractivity contribution is 7.80. The van der Waals surface area contributed by atoms with Crippen molar-refractivity contribution in [3.63, 3.8) is 0 Å². The maximum atomic E-state index is 13.0. The van der Waals surface area contributed by atoms with Crippen LogP contribution in [-0.4, -0.2) is 65.8 Å². The van der Waals surface area contributed by atoms with E-state index in [4.69, 9.17) is 17.0 Å². The molecule has 0 atom stereocenters. The molecule has 0 bridgehead atoms. The van der Waals surface area contributed by atoms with Crippen molar-refractivity contribution in [3.8, 4) is 0 Å². The second-order valence-electron chi connectivity index (χ2n) is 9.29. The fourth-order valence-electron chi connectivity index (χ4n) is 4.53. The first kappa shape index (κ1) is 25.4. The van der Waals surface area contributed by atoms with Gasteiger partial charge >= 0.3 is 0 Å². The van der Waals surface area contributed by atoms with Gasteiger partial charge in [-0.1, -0.05) is 42.5 Å². The zero-order valence-corrected chi connectivity index (χ0v) is 21.6. The van der Waals surface area contributed by atoms with Gasteiger partial charge in [-0.05, 0) is 67.0 Å². The summed E-state index contributed by atoms with van der Waals surface area (Å²) in [5.74, 6) is 0. The molecule has 3 aromatic rings. The van der Waals surface area contributed by atoms with Crippen molar-refractivity contribution in [2.24, 2.45) is 0 Å². The lowest BCUT2D eigenvalue weighted by molar-refractivity contribution is 0.0367. The number of fused-ring (bicyclic) bond motifs is 1. The van der Waals surface area contributed by atoms with Gasteiger partial charge in [0, 0.05) is 38.3 Å². The van der Waals surface area contributed by atoms with Gasteiger partial charge in [-0.15, -0.1) is 0 Å².